The first-order valence-electron chi connectivity index (χ1n) is 25.0. The summed E-state index contributed by atoms with van der Waals surface area (Å²) in [7, 11) is 0. The van der Waals surface area contributed by atoms with Crippen molar-refractivity contribution in [2.75, 3.05) is 0 Å². The van der Waals surface area contributed by atoms with Gasteiger partial charge in [-0.25, -0.2) is 0 Å². The van der Waals surface area contributed by atoms with Crippen molar-refractivity contribution < 1.29 is 4.79 Å². The van der Waals surface area contributed by atoms with Crippen LogP contribution in [-0.2, 0) is 4.79 Å². The molecule has 0 spiro atoms. The van der Waals surface area contributed by atoms with Gasteiger partial charge in [0.25, 0.3) is 0 Å². The molecule has 324 valence electrons. The summed E-state index contributed by atoms with van der Waals surface area (Å²) in [5, 5.41) is 0. The maximum Gasteiger partial charge on any atom is 0.126 e. The van der Waals surface area contributed by atoms with Crippen molar-refractivity contribution in [2.45, 2.75) is 291 Å². The number of hydrogen-bond donors (Lipinski definition) is 0. The van der Waals surface area contributed by atoms with E-state index in [4.69, 9.17) is 0 Å². The second kappa shape index (κ2) is 24.6. The minimum Gasteiger partial charge on any atom is -0.303 e. The molecule has 0 rings (SSSR count). The highest BCUT2D eigenvalue weighted by atomic mass is 16.1. The molecule has 0 heterocycles. The maximum absolute atomic E-state index is 14.6. The summed E-state index contributed by atoms with van der Waals surface area (Å²) in [6, 6.07) is 0. The minimum atomic E-state index is -0.308. The molecule has 0 N–H and O–H groups in total. The zero-order chi connectivity index (χ0) is 41.8. The molecule has 0 aromatic rings. The third-order valence-electron chi connectivity index (χ3n) is 18.7. The molecule has 0 saturated carbocycles. The second-order valence-corrected chi connectivity index (χ2v) is 20.3. The van der Waals surface area contributed by atoms with E-state index in [1.54, 1.807) is 6.29 Å². The number of aldehydes is 1. The number of carbonyl (C=O) groups excluding carboxylic acids is 1. The molecule has 0 radical (unpaired) electrons. The fraction of sp³-hybridized carbons (Fsp3) is 0.981. The van der Waals surface area contributed by atoms with Crippen LogP contribution in [0.2, 0.25) is 0 Å². The average Bonchev–Trinajstić information content (AvgIpc) is 3.22. The Morgan fingerprint density at radius 2 is 0.519 bits per heavy atom. The van der Waals surface area contributed by atoms with Gasteiger partial charge in [0.15, 0.2) is 0 Å². The lowest BCUT2D eigenvalue weighted by atomic mass is 9.48. The molecule has 0 aliphatic carbocycles. The van der Waals surface area contributed by atoms with E-state index in [1.165, 1.54) is 154 Å². The van der Waals surface area contributed by atoms with Gasteiger partial charge in [0.1, 0.15) is 6.29 Å². The lowest BCUT2D eigenvalue weighted by Crippen LogP contribution is -2.47. The molecule has 0 amide bonds. The Morgan fingerprint density at radius 3 is 0.722 bits per heavy atom. The smallest absolute Gasteiger partial charge is 0.126 e. The van der Waals surface area contributed by atoms with Crippen LogP contribution in [-0.4, -0.2) is 6.29 Å². The van der Waals surface area contributed by atoms with E-state index in [1.807, 2.05) is 0 Å². The normalized spacial score (nSPS) is 15.1. The van der Waals surface area contributed by atoms with Gasteiger partial charge in [0, 0.05) is 5.41 Å². The van der Waals surface area contributed by atoms with Crippen LogP contribution >= 0.6 is 0 Å². The van der Waals surface area contributed by atoms with E-state index >= 15 is 0 Å². The van der Waals surface area contributed by atoms with Gasteiger partial charge >= 0.3 is 0 Å². The number of carbonyl (C=O) groups is 1. The molecular weight excluding hydrogens is 653 g/mol. The fourth-order valence-corrected chi connectivity index (χ4v) is 13.2. The molecule has 0 aliphatic rings. The Hall–Kier alpha value is -0.330. The minimum absolute atomic E-state index is 0.132. The van der Waals surface area contributed by atoms with Crippen molar-refractivity contribution in [3.8, 4) is 0 Å². The fourth-order valence-electron chi connectivity index (χ4n) is 13.2. The predicted molar refractivity (Wildman–Crippen MR) is 247 cm³/mol. The van der Waals surface area contributed by atoms with Crippen LogP contribution in [0.4, 0.5) is 0 Å². The van der Waals surface area contributed by atoms with Crippen molar-refractivity contribution in [1.29, 1.82) is 0 Å². The third-order valence-corrected chi connectivity index (χ3v) is 18.7. The van der Waals surface area contributed by atoms with Gasteiger partial charge in [0.05, 0.1) is 0 Å². The number of hydrogen-bond acceptors (Lipinski definition) is 1. The van der Waals surface area contributed by atoms with Gasteiger partial charge in [-0.2, -0.15) is 0 Å². The summed E-state index contributed by atoms with van der Waals surface area (Å²) in [6.45, 7) is 42.1. The summed E-state index contributed by atoms with van der Waals surface area (Å²) >= 11 is 0. The maximum atomic E-state index is 14.6. The average molecular weight is 759 g/mol. The molecule has 0 aromatic heterocycles. The molecule has 0 fully saturated rings. The van der Waals surface area contributed by atoms with Gasteiger partial charge in [-0.05, 0) is 95.7 Å². The lowest BCUT2D eigenvalue weighted by molar-refractivity contribution is -0.127. The highest BCUT2D eigenvalue weighted by molar-refractivity contribution is 5.59. The van der Waals surface area contributed by atoms with Crippen LogP contribution in [0.3, 0.4) is 0 Å². The lowest BCUT2D eigenvalue weighted by Gasteiger charge is -2.56. The van der Waals surface area contributed by atoms with Crippen LogP contribution in [0.25, 0.3) is 0 Å². The summed E-state index contributed by atoms with van der Waals surface area (Å²) in [6.07, 6.45) is 35.1. The van der Waals surface area contributed by atoms with Crippen molar-refractivity contribution >= 4 is 6.29 Å². The van der Waals surface area contributed by atoms with Crippen LogP contribution in [0.15, 0.2) is 0 Å². The molecule has 0 saturated heterocycles. The van der Waals surface area contributed by atoms with Gasteiger partial charge in [0.2, 0.25) is 0 Å². The summed E-state index contributed by atoms with van der Waals surface area (Å²) in [4.78, 5) is 14.6. The standard InChI is InChI=1S/C53H106O/c1-18-35-36-37-52(38-46(19-2,20-3)21-4,39-47(22-5,23-6)24-7)43-51(34-17,45-54)44-53(40-48(25-8,26-9)27-10,41-49(28-11,29-12)30-13)42-50(31-14,32-15)33-16/h45H,18-44H2,1-17H3. The Morgan fingerprint density at radius 1 is 0.278 bits per heavy atom. The second-order valence-electron chi connectivity index (χ2n) is 20.3. The first-order chi connectivity index (χ1) is 25.5. The Kier molecular flexibility index (Phi) is 24.4. The third kappa shape index (κ3) is 13.6. The quantitative estimate of drug-likeness (QED) is 0.0465. The van der Waals surface area contributed by atoms with E-state index in [0.29, 0.717) is 27.1 Å². The van der Waals surface area contributed by atoms with Crippen LogP contribution in [0, 0.1) is 43.3 Å². The predicted octanol–water partition coefficient (Wildman–Crippen LogP) is 18.9. The zero-order valence-electron chi connectivity index (χ0n) is 41.1. The molecule has 1 unspecified atom stereocenters. The van der Waals surface area contributed by atoms with Crippen molar-refractivity contribution in [3.05, 3.63) is 0 Å². The van der Waals surface area contributed by atoms with E-state index in [-0.39, 0.29) is 16.2 Å². The largest absolute Gasteiger partial charge is 0.303 e. The van der Waals surface area contributed by atoms with Crippen LogP contribution < -0.4 is 0 Å². The molecule has 1 nitrogen and oxygen atoms in total. The SMILES string of the molecule is CCCCCC(CC(C=O)(CC)CC(CC(CC)(CC)CC)(CC(CC)(CC)CC)CC(CC)(CC)CC)(CC(CC)(CC)CC)CC(CC)(CC)CC. The molecule has 1 atom stereocenters. The highest BCUT2D eigenvalue weighted by Gasteiger charge is 2.53. The van der Waals surface area contributed by atoms with Gasteiger partial charge in [-0.3, -0.25) is 0 Å². The van der Waals surface area contributed by atoms with Gasteiger partial charge in [-0.1, -0.05) is 233 Å². The zero-order valence-corrected chi connectivity index (χ0v) is 41.1. The first-order valence-corrected chi connectivity index (χ1v) is 25.0. The molecule has 1 heteroatoms. The Labute approximate surface area is 344 Å². The Bertz CT molecular complexity index is 833. The summed E-state index contributed by atoms with van der Waals surface area (Å²) < 4.78 is 0. The monoisotopic (exact) mass is 759 g/mol. The van der Waals surface area contributed by atoms with E-state index in [2.05, 4.69) is 118 Å². The molecule has 0 bridgehead atoms. The van der Waals surface area contributed by atoms with Gasteiger partial charge in [-0.15, -0.1) is 0 Å². The van der Waals surface area contributed by atoms with Crippen molar-refractivity contribution in [2.24, 2.45) is 43.3 Å². The highest BCUT2D eigenvalue weighted by Crippen LogP contribution is 2.64. The van der Waals surface area contributed by atoms with Crippen molar-refractivity contribution in [1.82, 2.24) is 0 Å². The van der Waals surface area contributed by atoms with E-state index < -0.39 is 0 Å². The van der Waals surface area contributed by atoms with E-state index in [9.17, 15) is 4.79 Å². The topological polar surface area (TPSA) is 17.1 Å². The number of rotatable bonds is 35. The molecule has 0 aliphatic heterocycles. The summed E-state index contributed by atoms with van der Waals surface area (Å²) in [5.74, 6) is 0. The van der Waals surface area contributed by atoms with Crippen LogP contribution in [0.1, 0.15) is 291 Å². The molecular formula is C53H106O. The summed E-state index contributed by atoms with van der Waals surface area (Å²) in [5.41, 5.74) is 1.66. The van der Waals surface area contributed by atoms with Crippen molar-refractivity contribution in [3.63, 3.8) is 0 Å². The van der Waals surface area contributed by atoms with E-state index in [0.717, 1.165) is 19.3 Å². The number of unbranched alkanes of at least 4 members (excludes halogenated alkanes) is 2. The molecule has 54 heavy (non-hydrogen) atoms. The first kappa shape index (κ1) is 53.7. The molecule has 0 aromatic carbocycles. The Balaban J connectivity index is 8.50. The van der Waals surface area contributed by atoms with Gasteiger partial charge < -0.3 is 4.79 Å². The van der Waals surface area contributed by atoms with Crippen LogP contribution in [0.5, 0.6) is 0 Å².